The van der Waals surface area contributed by atoms with Gasteiger partial charge in [0.2, 0.25) is 5.91 Å². The van der Waals surface area contributed by atoms with E-state index in [-0.39, 0.29) is 12.4 Å². The summed E-state index contributed by atoms with van der Waals surface area (Å²) in [7, 11) is 8.50. The number of carbonyl (C=O) groups excluding carboxylic acids is 1. The molecule has 0 aromatic carbocycles. The summed E-state index contributed by atoms with van der Waals surface area (Å²) in [5.41, 5.74) is 4.53. The standard InChI is InChI=1S/C4H12N.C3H5NO.ClH/c1-5(2,3)4;1-2-3(4)5;/h1-4H3;2H,1H2,(H2,4,5);1H/q+1;;/p-1. The number of primary amides is 1. The molecule has 0 bridgehead atoms. The number of amides is 1. The molecule has 0 aliphatic rings. The minimum atomic E-state index is -0.481. The number of nitrogens with two attached hydrogens (primary N) is 1. The van der Waals surface area contributed by atoms with Crippen LogP contribution in [-0.2, 0) is 4.79 Å². The quantitative estimate of drug-likeness (QED) is 0.339. The van der Waals surface area contributed by atoms with Crippen LogP contribution < -0.4 is 18.1 Å². The summed E-state index contributed by atoms with van der Waals surface area (Å²) in [4.78, 5) is 9.47. The van der Waals surface area contributed by atoms with Gasteiger partial charge in [0.15, 0.2) is 0 Å². The number of carbonyl (C=O) groups is 1. The maximum atomic E-state index is 9.47. The van der Waals surface area contributed by atoms with Crippen molar-refractivity contribution in [3.63, 3.8) is 0 Å². The van der Waals surface area contributed by atoms with E-state index in [1.165, 1.54) is 0 Å². The Bertz CT molecular complexity index is 112. The highest BCUT2D eigenvalue weighted by atomic mass is 35.5. The highest BCUT2D eigenvalue weighted by Crippen LogP contribution is 1.73. The molecule has 0 heterocycles. The molecule has 0 aliphatic carbocycles. The molecule has 0 fully saturated rings. The Morgan fingerprint density at radius 2 is 1.45 bits per heavy atom. The van der Waals surface area contributed by atoms with Crippen molar-refractivity contribution in [1.29, 1.82) is 0 Å². The summed E-state index contributed by atoms with van der Waals surface area (Å²) >= 11 is 0. The van der Waals surface area contributed by atoms with Gasteiger partial charge in [0, 0.05) is 0 Å². The predicted molar refractivity (Wildman–Crippen MR) is 43.3 cm³/mol. The lowest BCUT2D eigenvalue weighted by Gasteiger charge is -2.14. The van der Waals surface area contributed by atoms with E-state index < -0.39 is 5.91 Å². The molecule has 68 valence electrons. The number of nitrogens with zero attached hydrogens (tertiary/aromatic N) is 1. The fraction of sp³-hybridized carbons (Fsp3) is 0.571. The van der Waals surface area contributed by atoms with Gasteiger partial charge in [0.05, 0.1) is 28.2 Å². The second-order valence-corrected chi connectivity index (χ2v) is 3.29. The van der Waals surface area contributed by atoms with Crippen molar-refractivity contribution in [2.24, 2.45) is 5.73 Å². The SMILES string of the molecule is C=CC(N)=O.C[N+](C)(C)C.[Cl-]. The Balaban J connectivity index is -0.000000107. The Morgan fingerprint density at radius 1 is 1.36 bits per heavy atom. The van der Waals surface area contributed by atoms with Gasteiger partial charge in [-0.1, -0.05) is 6.58 Å². The van der Waals surface area contributed by atoms with E-state index in [9.17, 15) is 4.79 Å². The first-order valence-electron chi connectivity index (χ1n) is 2.98. The normalized spacial score (nSPS) is 8.36. The van der Waals surface area contributed by atoms with Crippen LogP contribution in [0.4, 0.5) is 0 Å². The molecule has 0 aromatic heterocycles. The highest BCUT2D eigenvalue weighted by molar-refractivity contribution is 5.84. The zero-order valence-electron chi connectivity index (χ0n) is 7.60. The van der Waals surface area contributed by atoms with Crippen LogP contribution in [0.25, 0.3) is 0 Å². The summed E-state index contributed by atoms with van der Waals surface area (Å²) in [5.74, 6) is -0.481. The van der Waals surface area contributed by atoms with E-state index >= 15 is 0 Å². The number of rotatable bonds is 1. The van der Waals surface area contributed by atoms with Gasteiger partial charge in [0.25, 0.3) is 0 Å². The maximum Gasteiger partial charge on any atom is 0.240 e. The van der Waals surface area contributed by atoms with Crippen molar-refractivity contribution in [2.45, 2.75) is 0 Å². The fourth-order valence-corrected chi connectivity index (χ4v) is 0. The van der Waals surface area contributed by atoms with Gasteiger partial charge in [-0.2, -0.15) is 0 Å². The number of halogens is 1. The summed E-state index contributed by atoms with van der Waals surface area (Å²) in [6.07, 6.45) is 1.06. The highest BCUT2D eigenvalue weighted by Gasteiger charge is 1.88. The van der Waals surface area contributed by atoms with Crippen LogP contribution in [0.1, 0.15) is 0 Å². The zero-order chi connectivity index (χ0) is 8.78. The van der Waals surface area contributed by atoms with Crippen molar-refractivity contribution in [1.82, 2.24) is 0 Å². The summed E-state index contributed by atoms with van der Waals surface area (Å²) < 4.78 is 1.00. The third kappa shape index (κ3) is 247. The first-order valence-corrected chi connectivity index (χ1v) is 2.98. The largest absolute Gasteiger partial charge is 1.00 e. The molecule has 0 aromatic rings. The van der Waals surface area contributed by atoms with Gasteiger partial charge in [-0.3, -0.25) is 4.79 Å². The maximum absolute atomic E-state index is 9.47. The number of hydrogen-bond acceptors (Lipinski definition) is 1. The third-order valence-corrected chi connectivity index (χ3v) is 0.201. The molecule has 0 atom stereocenters. The van der Waals surface area contributed by atoms with Crippen LogP contribution in [0.2, 0.25) is 0 Å². The molecule has 4 heteroatoms. The molecule has 0 spiro atoms. The molecule has 1 amide bonds. The van der Waals surface area contributed by atoms with Crippen LogP contribution in [-0.4, -0.2) is 38.6 Å². The van der Waals surface area contributed by atoms with E-state index in [4.69, 9.17) is 0 Å². The number of quaternary nitrogens is 1. The van der Waals surface area contributed by atoms with E-state index in [1.807, 2.05) is 0 Å². The van der Waals surface area contributed by atoms with Crippen LogP contribution in [0.15, 0.2) is 12.7 Å². The smallest absolute Gasteiger partial charge is 0.240 e. The Morgan fingerprint density at radius 3 is 1.45 bits per heavy atom. The van der Waals surface area contributed by atoms with E-state index in [1.54, 1.807) is 0 Å². The molecule has 0 radical (unpaired) electrons. The van der Waals surface area contributed by atoms with Crippen molar-refractivity contribution in [3.05, 3.63) is 12.7 Å². The van der Waals surface area contributed by atoms with Gasteiger partial charge in [-0.15, -0.1) is 0 Å². The third-order valence-electron chi connectivity index (χ3n) is 0.201. The van der Waals surface area contributed by atoms with Crippen LogP contribution in [0, 0.1) is 0 Å². The molecule has 0 saturated heterocycles. The summed E-state index contributed by atoms with van der Waals surface area (Å²) in [6.45, 7) is 3.09. The lowest BCUT2D eigenvalue weighted by Crippen LogP contribution is -3.00. The predicted octanol–water partition coefficient (Wildman–Crippen LogP) is -3.02. The lowest BCUT2D eigenvalue weighted by molar-refractivity contribution is -0.849. The van der Waals surface area contributed by atoms with Gasteiger partial charge >= 0.3 is 0 Å². The average molecular weight is 181 g/mol. The van der Waals surface area contributed by atoms with Crippen molar-refractivity contribution in [2.75, 3.05) is 28.2 Å². The first-order chi connectivity index (χ1) is 4.27. The first kappa shape index (κ1) is 16.8. The molecule has 0 saturated carbocycles. The average Bonchev–Trinajstić information content (AvgIpc) is 1.61. The summed E-state index contributed by atoms with van der Waals surface area (Å²) in [6, 6.07) is 0. The molecular formula is C7H17ClN2O. The molecule has 2 N–H and O–H groups in total. The molecule has 3 nitrogen and oxygen atoms in total. The second-order valence-electron chi connectivity index (χ2n) is 3.29. The molecule has 0 aliphatic heterocycles. The fourth-order valence-electron chi connectivity index (χ4n) is 0. The Labute approximate surface area is 74.9 Å². The Kier molecular flexibility index (Phi) is 11.6. The topological polar surface area (TPSA) is 43.1 Å². The second kappa shape index (κ2) is 7.57. The molecule has 0 rings (SSSR count). The van der Waals surface area contributed by atoms with E-state index in [0.29, 0.717) is 0 Å². The van der Waals surface area contributed by atoms with Crippen molar-refractivity contribution >= 4 is 5.91 Å². The summed E-state index contributed by atoms with van der Waals surface area (Å²) in [5, 5.41) is 0. The molecule has 0 unspecified atom stereocenters. The molecular weight excluding hydrogens is 164 g/mol. The minimum absolute atomic E-state index is 0. The van der Waals surface area contributed by atoms with Gasteiger partial charge in [-0.25, -0.2) is 0 Å². The van der Waals surface area contributed by atoms with Gasteiger partial charge in [-0.05, 0) is 6.08 Å². The van der Waals surface area contributed by atoms with E-state index in [0.717, 1.165) is 10.6 Å². The zero-order valence-corrected chi connectivity index (χ0v) is 8.35. The van der Waals surface area contributed by atoms with E-state index in [2.05, 4.69) is 40.5 Å². The van der Waals surface area contributed by atoms with Crippen LogP contribution >= 0.6 is 0 Å². The van der Waals surface area contributed by atoms with Gasteiger partial charge < -0.3 is 22.6 Å². The van der Waals surface area contributed by atoms with Crippen molar-refractivity contribution in [3.8, 4) is 0 Å². The van der Waals surface area contributed by atoms with Crippen LogP contribution in [0.3, 0.4) is 0 Å². The monoisotopic (exact) mass is 180 g/mol. The Hall–Kier alpha value is -0.540. The van der Waals surface area contributed by atoms with Crippen LogP contribution in [0.5, 0.6) is 0 Å². The minimum Gasteiger partial charge on any atom is -1.00 e. The van der Waals surface area contributed by atoms with Crippen molar-refractivity contribution < 1.29 is 21.7 Å². The van der Waals surface area contributed by atoms with Gasteiger partial charge in [0.1, 0.15) is 0 Å². The molecule has 11 heavy (non-hydrogen) atoms. The number of hydrogen-bond donors (Lipinski definition) is 1. The lowest BCUT2D eigenvalue weighted by atomic mass is 10.6.